The van der Waals surface area contributed by atoms with Crippen molar-refractivity contribution in [3.63, 3.8) is 0 Å². The molecule has 0 fully saturated rings. The summed E-state index contributed by atoms with van der Waals surface area (Å²) in [5, 5.41) is 3.45. The quantitative estimate of drug-likeness (QED) is 0.766. The van der Waals surface area contributed by atoms with E-state index in [1.165, 1.54) is 9.30 Å². The molecule has 0 aliphatic carbocycles. The number of benzene rings is 1. The maximum atomic E-state index is 5.15. The molecule has 1 aromatic rings. The molecule has 0 saturated heterocycles. The van der Waals surface area contributed by atoms with Crippen molar-refractivity contribution in [3.05, 3.63) is 18.2 Å². The fourth-order valence-electron chi connectivity index (χ4n) is 1.29. The van der Waals surface area contributed by atoms with Crippen molar-refractivity contribution >= 4 is 30.2 Å². The van der Waals surface area contributed by atoms with Gasteiger partial charge < -0.3 is 0 Å². The molecule has 1 aromatic carbocycles. The Morgan fingerprint density at radius 2 is 2.33 bits per heavy atom. The van der Waals surface area contributed by atoms with Crippen LogP contribution in [0.3, 0.4) is 0 Å². The molecule has 0 spiro atoms. The molecule has 1 aliphatic heterocycles. The Balaban J connectivity index is 2.35. The van der Waals surface area contributed by atoms with Gasteiger partial charge in [0.15, 0.2) is 0 Å². The van der Waals surface area contributed by atoms with Gasteiger partial charge in [0, 0.05) is 0 Å². The molecular formula is C9H11NOTe. The Hall–Kier alpha value is -0.390. The molecule has 0 saturated carbocycles. The van der Waals surface area contributed by atoms with E-state index in [1.807, 2.05) is 6.07 Å². The van der Waals surface area contributed by atoms with Crippen LogP contribution in [0.4, 0.5) is 5.69 Å². The summed E-state index contributed by atoms with van der Waals surface area (Å²) >= 11 is 0.00237. The molecule has 1 heterocycles. The zero-order chi connectivity index (χ0) is 8.55. The van der Waals surface area contributed by atoms with E-state index in [0.29, 0.717) is 4.09 Å². The van der Waals surface area contributed by atoms with Gasteiger partial charge in [-0.2, -0.15) is 0 Å². The summed E-state index contributed by atoms with van der Waals surface area (Å²) in [4.78, 5) is 0. The first-order chi connectivity index (χ1) is 5.79. The van der Waals surface area contributed by atoms with E-state index in [1.54, 1.807) is 7.11 Å². The van der Waals surface area contributed by atoms with Crippen molar-refractivity contribution in [2.75, 3.05) is 12.4 Å². The van der Waals surface area contributed by atoms with Gasteiger partial charge in [-0.25, -0.2) is 0 Å². The van der Waals surface area contributed by atoms with E-state index in [0.717, 1.165) is 5.75 Å². The number of hydrogen-bond acceptors (Lipinski definition) is 2. The third-order valence-electron chi connectivity index (χ3n) is 1.85. The topological polar surface area (TPSA) is 21.3 Å². The van der Waals surface area contributed by atoms with Crippen LogP contribution in [0.25, 0.3) is 0 Å². The Bertz CT molecular complexity index is 301. The number of anilines is 1. The number of fused-ring (bicyclic) bond motifs is 1. The van der Waals surface area contributed by atoms with Crippen LogP contribution in [0.2, 0.25) is 0 Å². The Morgan fingerprint density at radius 1 is 1.50 bits per heavy atom. The second kappa shape index (κ2) is 3.16. The van der Waals surface area contributed by atoms with Gasteiger partial charge in [0.2, 0.25) is 0 Å². The minimum absolute atomic E-state index is 0.00237. The first kappa shape index (κ1) is 8.22. The fraction of sp³-hybridized carbons (Fsp3) is 0.333. The van der Waals surface area contributed by atoms with Crippen LogP contribution in [-0.4, -0.2) is 32.1 Å². The van der Waals surface area contributed by atoms with Crippen LogP contribution in [-0.2, 0) is 0 Å². The molecule has 0 aromatic heterocycles. The van der Waals surface area contributed by atoms with Gasteiger partial charge in [-0.05, 0) is 0 Å². The van der Waals surface area contributed by atoms with Gasteiger partial charge in [-0.15, -0.1) is 0 Å². The van der Waals surface area contributed by atoms with E-state index in [4.69, 9.17) is 4.74 Å². The molecule has 2 nitrogen and oxygen atoms in total. The van der Waals surface area contributed by atoms with Gasteiger partial charge in [0.05, 0.1) is 0 Å². The van der Waals surface area contributed by atoms with Gasteiger partial charge in [-0.1, -0.05) is 0 Å². The maximum absolute atomic E-state index is 5.15. The Morgan fingerprint density at radius 3 is 3.08 bits per heavy atom. The molecule has 2 rings (SSSR count). The van der Waals surface area contributed by atoms with Crippen LogP contribution >= 0.6 is 0 Å². The molecule has 0 radical (unpaired) electrons. The van der Waals surface area contributed by atoms with Crippen LogP contribution < -0.4 is 13.7 Å². The third-order valence-corrected chi connectivity index (χ3v) is 4.94. The summed E-state index contributed by atoms with van der Waals surface area (Å²) in [6.45, 7) is 2.24. The second-order valence-corrected chi connectivity index (χ2v) is 6.71. The van der Waals surface area contributed by atoms with E-state index in [9.17, 15) is 0 Å². The van der Waals surface area contributed by atoms with E-state index >= 15 is 0 Å². The monoisotopic (exact) mass is 279 g/mol. The molecule has 1 atom stereocenters. The summed E-state index contributed by atoms with van der Waals surface area (Å²) in [5.41, 5.74) is 1.28. The van der Waals surface area contributed by atoms with Crippen LogP contribution in [0.1, 0.15) is 6.92 Å². The second-order valence-electron chi connectivity index (χ2n) is 2.77. The average molecular weight is 277 g/mol. The molecule has 1 N–H and O–H groups in total. The summed E-state index contributed by atoms with van der Waals surface area (Å²) in [5.74, 6) is 0.947. The van der Waals surface area contributed by atoms with Crippen molar-refractivity contribution < 1.29 is 4.74 Å². The van der Waals surface area contributed by atoms with E-state index in [-0.39, 0.29) is 20.9 Å². The third kappa shape index (κ3) is 1.39. The summed E-state index contributed by atoms with van der Waals surface area (Å²) < 4.78 is 7.36. The van der Waals surface area contributed by atoms with Gasteiger partial charge in [0.25, 0.3) is 0 Å². The van der Waals surface area contributed by atoms with Crippen molar-refractivity contribution in [1.82, 2.24) is 0 Å². The molecule has 1 unspecified atom stereocenters. The van der Waals surface area contributed by atoms with Gasteiger partial charge in [-0.3, -0.25) is 0 Å². The fourth-order valence-corrected chi connectivity index (χ4v) is 4.03. The molecule has 0 bridgehead atoms. The van der Waals surface area contributed by atoms with Gasteiger partial charge >= 0.3 is 82.3 Å². The number of hydrogen-bond donors (Lipinski definition) is 1. The summed E-state index contributed by atoms with van der Waals surface area (Å²) in [6.07, 6.45) is 0. The molecular weight excluding hydrogens is 266 g/mol. The zero-order valence-electron chi connectivity index (χ0n) is 7.13. The van der Waals surface area contributed by atoms with E-state index in [2.05, 4.69) is 24.4 Å². The van der Waals surface area contributed by atoms with Crippen molar-refractivity contribution in [2.24, 2.45) is 0 Å². The zero-order valence-corrected chi connectivity index (χ0v) is 9.46. The molecule has 12 heavy (non-hydrogen) atoms. The number of rotatable bonds is 1. The predicted molar refractivity (Wildman–Crippen MR) is 51.5 cm³/mol. The number of methoxy groups -OCH3 is 1. The number of nitrogens with one attached hydrogen (secondary N) is 1. The Labute approximate surface area is 82.4 Å². The summed E-state index contributed by atoms with van der Waals surface area (Å²) in [7, 11) is 1.71. The van der Waals surface area contributed by atoms with Crippen molar-refractivity contribution in [3.8, 4) is 5.75 Å². The average Bonchev–Trinajstić information content (AvgIpc) is 2.43. The standard InChI is InChI=1S/C9H11NOTe/c1-6-10-8-5-7(11-2)3-4-9(8)12-6/h3-6,10H,1-2H3. The van der Waals surface area contributed by atoms with E-state index < -0.39 is 0 Å². The normalized spacial score (nSPS) is 20.0. The van der Waals surface area contributed by atoms with Crippen LogP contribution in [0.15, 0.2) is 18.2 Å². The van der Waals surface area contributed by atoms with Crippen LogP contribution in [0, 0.1) is 0 Å². The molecule has 1 aliphatic rings. The molecule has 0 amide bonds. The molecule has 3 heteroatoms. The number of ether oxygens (including phenoxy) is 1. The Kier molecular flexibility index (Phi) is 2.16. The first-order valence-electron chi connectivity index (χ1n) is 3.91. The van der Waals surface area contributed by atoms with Crippen molar-refractivity contribution in [1.29, 1.82) is 0 Å². The predicted octanol–water partition coefficient (Wildman–Crippen LogP) is 0.796. The SMILES string of the molecule is COc1ccc2c(c1)NC(C)[Te]2. The first-order valence-corrected chi connectivity index (χ1v) is 6.42. The van der Waals surface area contributed by atoms with Crippen LogP contribution in [0.5, 0.6) is 5.75 Å². The van der Waals surface area contributed by atoms with Crippen molar-refractivity contribution in [2.45, 2.75) is 11.0 Å². The minimum atomic E-state index is 0.00237. The van der Waals surface area contributed by atoms with Gasteiger partial charge in [0.1, 0.15) is 0 Å². The summed E-state index contributed by atoms with van der Waals surface area (Å²) in [6, 6.07) is 6.32. The molecule has 64 valence electrons.